The van der Waals surface area contributed by atoms with Crippen LogP contribution >= 0.6 is 0 Å². The molecule has 16 heavy (non-hydrogen) atoms. The van der Waals surface area contributed by atoms with Gasteiger partial charge in [-0.1, -0.05) is 0 Å². The molecule has 0 aromatic carbocycles. The first-order chi connectivity index (χ1) is 7.49. The Morgan fingerprint density at radius 3 is 2.25 bits per heavy atom. The van der Waals surface area contributed by atoms with Crippen molar-refractivity contribution in [3.05, 3.63) is 0 Å². The lowest BCUT2D eigenvalue weighted by Gasteiger charge is -2.21. The summed E-state index contributed by atoms with van der Waals surface area (Å²) in [6.45, 7) is 2.29. The Labute approximate surface area is 94.5 Å². The molecule has 0 aromatic rings. The van der Waals surface area contributed by atoms with Gasteiger partial charge in [0, 0.05) is 13.7 Å². The number of hydrogen-bond donors (Lipinski definition) is 1. The standard InChI is InChI=1S/C10H18O6/c1-10(8(11)12,9(13)15-3)4-5-16-7-6-14-2/h4-7H2,1-3H3,(H,11,12). The second-order valence-corrected chi connectivity index (χ2v) is 3.48. The van der Waals surface area contributed by atoms with E-state index in [2.05, 4.69) is 4.74 Å². The molecule has 6 nitrogen and oxygen atoms in total. The highest BCUT2D eigenvalue weighted by molar-refractivity contribution is 5.98. The van der Waals surface area contributed by atoms with Crippen LogP contribution in [0.2, 0.25) is 0 Å². The second-order valence-electron chi connectivity index (χ2n) is 3.48. The van der Waals surface area contributed by atoms with Crippen molar-refractivity contribution >= 4 is 11.9 Å². The molecule has 0 saturated carbocycles. The molecule has 0 heterocycles. The summed E-state index contributed by atoms with van der Waals surface area (Å²) in [5.74, 6) is -1.98. The maximum Gasteiger partial charge on any atom is 0.323 e. The molecule has 0 amide bonds. The summed E-state index contributed by atoms with van der Waals surface area (Å²) < 4.78 is 14.3. The highest BCUT2D eigenvalue weighted by atomic mass is 16.5. The number of aliphatic carboxylic acids is 1. The molecule has 0 rings (SSSR count). The van der Waals surface area contributed by atoms with Crippen molar-refractivity contribution < 1.29 is 28.9 Å². The largest absolute Gasteiger partial charge is 0.480 e. The van der Waals surface area contributed by atoms with Crippen LogP contribution in [0.25, 0.3) is 0 Å². The Bertz CT molecular complexity index is 239. The number of carboxylic acids is 1. The van der Waals surface area contributed by atoms with E-state index in [1.807, 2.05) is 0 Å². The predicted octanol–water partition coefficient (Wildman–Crippen LogP) is 0.303. The van der Waals surface area contributed by atoms with Crippen LogP contribution in [0.15, 0.2) is 0 Å². The van der Waals surface area contributed by atoms with E-state index in [9.17, 15) is 9.59 Å². The molecule has 0 saturated heterocycles. The number of esters is 1. The first-order valence-electron chi connectivity index (χ1n) is 4.87. The van der Waals surface area contributed by atoms with Crippen molar-refractivity contribution in [2.24, 2.45) is 5.41 Å². The summed E-state index contributed by atoms with van der Waals surface area (Å²) in [6, 6.07) is 0. The van der Waals surface area contributed by atoms with Gasteiger partial charge in [0.1, 0.15) is 0 Å². The zero-order valence-corrected chi connectivity index (χ0v) is 9.82. The van der Waals surface area contributed by atoms with E-state index in [0.717, 1.165) is 7.11 Å². The molecule has 0 aliphatic heterocycles. The molecule has 0 aliphatic rings. The summed E-state index contributed by atoms with van der Waals surface area (Å²) >= 11 is 0. The molecular formula is C10H18O6. The lowest BCUT2D eigenvalue weighted by Crippen LogP contribution is -2.38. The maximum atomic E-state index is 11.3. The zero-order valence-electron chi connectivity index (χ0n) is 9.82. The lowest BCUT2D eigenvalue weighted by atomic mass is 9.87. The summed E-state index contributed by atoms with van der Waals surface area (Å²) in [5.41, 5.74) is -1.55. The number of rotatable bonds is 8. The van der Waals surface area contributed by atoms with E-state index in [4.69, 9.17) is 14.6 Å². The Kier molecular flexibility index (Phi) is 6.67. The summed E-state index contributed by atoms with van der Waals surface area (Å²) in [6.07, 6.45) is 0.0682. The van der Waals surface area contributed by atoms with Crippen molar-refractivity contribution in [3.8, 4) is 0 Å². The minimum atomic E-state index is -1.55. The van der Waals surface area contributed by atoms with Gasteiger partial charge in [-0.25, -0.2) is 0 Å². The van der Waals surface area contributed by atoms with Crippen molar-refractivity contribution in [2.75, 3.05) is 34.0 Å². The van der Waals surface area contributed by atoms with E-state index < -0.39 is 17.4 Å². The van der Waals surface area contributed by atoms with Gasteiger partial charge < -0.3 is 19.3 Å². The van der Waals surface area contributed by atoms with Crippen molar-refractivity contribution in [1.29, 1.82) is 0 Å². The van der Waals surface area contributed by atoms with Crippen molar-refractivity contribution in [2.45, 2.75) is 13.3 Å². The number of carbonyl (C=O) groups excluding carboxylic acids is 1. The normalized spacial score (nSPS) is 14.2. The van der Waals surface area contributed by atoms with Crippen LogP contribution in [0.4, 0.5) is 0 Å². The first-order valence-corrected chi connectivity index (χ1v) is 4.87. The molecule has 0 radical (unpaired) electrons. The number of hydrogen-bond acceptors (Lipinski definition) is 5. The first kappa shape index (κ1) is 14.9. The average Bonchev–Trinajstić information content (AvgIpc) is 2.27. The lowest BCUT2D eigenvalue weighted by molar-refractivity contribution is -0.167. The molecule has 0 spiro atoms. The Hall–Kier alpha value is -1.14. The number of ether oxygens (including phenoxy) is 3. The van der Waals surface area contributed by atoms with E-state index in [-0.39, 0.29) is 13.0 Å². The summed E-state index contributed by atoms with van der Waals surface area (Å²) in [4.78, 5) is 22.3. The predicted molar refractivity (Wildman–Crippen MR) is 55.1 cm³/mol. The van der Waals surface area contributed by atoms with Gasteiger partial charge in [0.05, 0.1) is 20.3 Å². The fourth-order valence-electron chi connectivity index (χ4n) is 1.04. The highest BCUT2D eigenvalue weighted by Crippen LogP contribution is 2.23. The van der Waals surface area contributed by atoms with Crippen molar-refractivity contribution in [1.82, 2.24) is 0 Å². The van der Waals surface area contributed by atoms with Gasteiger partial charge in [0.15, 0.2) is 5.41 Å². The molecule has 0 aliphatic carbocycles. The van der Waals surface area contributed by atoms with Crippen LogP contribution in [0, 0.1) is 5.41 Å². The van der Waals surface area contributed by atoms with Crippen molar-refractivity contribution in [3.63, 3.8) is 0 Å². The van der Waals surface area contributed by atoms with Gasteiger partial charge in [0.25, 0.3) is 0 Å². The van der Waals surface area contributed by atoms with Crippen LogP contribution in [-0.2, 0) is 23.8 Å². The van der Waals surface area contributed by atoms with Gasteiger partial charge >= 0.3 is 11.9 Å². The monoisotopic (exact) mass is 234 g/mol. The van der Waals surface area contributed by atoms with E-state index in [1.54, 1.807) is 7.11 Å². The molecule has 1 unspecified atom stereocenters. The third kappa shape index (κ3) is 4.16. The van der Waals surface area contributed by atoms with E-state index in [0.29, 0.717) is 13.2 Å². The van der Waals surface area contributed by atoms with Crippen LogP contribution in [0.5, 0.6) is 0 Å². The average molecular weight is 234 g/mol. The molecule has 1 N–H and O–H groups in total. The molecule has 0 aromatic heterocycles. The van der Waals surface area contributed by atoms with Gasteiger partial charge in [-0.05, 0) is 13.3 Å². The van der Waals surface area contributed by atoms with Crippen LogP contribution in [-0.4, -0.2) is 51.1 Å². The maximum absolute atomic E-state index is 11.3. The number of methoxy groups -OCH3 is 2. The summed E-state index contributed by atoms with van der Waals surface area (Å²) in [7, 11) is 2.70. The Morgan fingerprint density at radius 2 is 1.81 bits per heavy atom. The molecule has 6 heteroatoms. The topological polar surface area (TPSA) is 82.1 Å². The van der Waals surface area contributed by atoms with E-state index in [1.165, 1.54) is 6.92 Å². The van der Waals surface area contributed by atoms with E-state index >= 15 is 0 Å². The highest BCUT2D eigenvalue weighted by Gasteiger charge is 2.42. The van der Waals surface area contributed by atoms with Crippen LogP contribution in [0.1, 0.15) is 13.3 Å². The summed E-state index contributed by atoms with van der Waals surface area (Å²) in [5, 5.41) is 8.96. The van der Waals surface area contributed by atoms with Gasteiger partial charge in [-0.2, -0.15) is 0 Å². The minimum Gasteiger partial charge on any atom is -0.480 e. The minimum absolute atomic E-state index is 0.0682. The molecule has 0 fully saturated rings. The van der Waals surface area contributed by atoms with Gasteiger partial charge in [-0.15, -0.1) is 0 Å². The quantitative estimate of drug-likeness (QED) is 0.369. The Balaban J connectivity index is 4.14. The number of carboxylic acid groups (broad SMARTS) is 1. The third-order valence-corrected chi connectivity index (χ3v) is 2.29. The molecular weight excluding hydrogens is 216 g/mol. The molecule has 94 valence electrons. The van der Waals surface area contributed by atoms with Crippen LogP contribution < -0.4 is 0 Å². The SMILES string of the molecule is COCCOCCC(C)(C(=O)O)C(=O)OC. The van der Waals surface area contributed by atoms with Crippen LogP contribution in [0.3, 0.4) is 0 Å². The molecule has 0 bridgehead atoms. The zero-order chi connectivity index (χ0) is 12.6. The second kappa shape index (κ2) is 7.19. The number of carbonyl (C=O) groups is 2. The smallest absolute Gasteiger partial charge is 0.323 e. The third-order valence-electron chi connectivity index (χ3n) is 2.29. The fraction of sp³-hybridized carbons (Fsp3) is 0.800. The molecule has 1 atom stereocenters. The Morgan fingerprint density at radius 1 is 1.19 bits per heavy atom. The van der Waals surface area contributed by atoms with Gasteiger partial charge in [-0.3, -0.25) is 9.59 Å². The van der Waals surface area contributed by atoms with Gasteiger partial charge in [0.2, 0.25) is 0 Å². The fourth-order valence-corrected chi connectivity index (χ4v) is 1.04.